The van der Waals surface area contributed by atoms with Crippen LogP contribution in [0.4, 0.5) is 0 Å². The highest BCUT2D eigenvalue weighted by Crippen LogP contribution is 2.40. The molecule has 1 aromatic heterocycles. The average molecular weight is 542 g/mol. The zero-order valence-corrected chi connectivity index (χ0v) is 24.1. The van der Waals surface area contributed by atoms with Crippen LogP contribution < -0.4 is 23.7 Å². The van der Waals surface area contributed by atoms with Crippen molar-refractivity contribution in [2.24, 2.45) is 5.41 Å². The molecule has 3 rings (SSSR count). The van der Waals surface area contributed by atoms with E-state index in [0.29, 0.717) is 78.4 Å². The molecular weight excluding hydrogens is 502 g/mol. The van der Waals surface area contributed by atoms with Crippen molar-refractivity contribution in [2.75, 3.05) is 48.6 Å². The molecule has 1 heterocycles. The van der Waals surface area contributed by atoms with E-state index in [1.54, 1.807) is 47.7 Å². The van der Waals surface area contributed by atoms with E-state index < -0.39 is 0 Å². The lowest BCUT2D eigenvalue weighted by Crippen LogP contribution is -2.36. The maximum absolute atomic E-state index is 13.2. The first kappa shape index (κ1) is 29.6. The molecule has 3 aromatic rings. The van der Waals surface area contributed by atoms with Gasteiger partial charge in [-0.3, -0.25) is 4.79 Å². The summed E-state index contributed by atoms with van der Waals surface area (Å²) >= 11 is 0. The third kappa shape index (κ3) is 7.78. The van der Waals surface area contributed by atoms with Gasteiger partial charge in [-0.2, -0.15) is 4.98 Å². The van der Waals surface area contributed by atoms with E-state index in [0.717, 1.165) is 5.56 Å². The van der Waals surface area contributed by atoms with Crippen molar-refractivity contribution < 1.29 is 33.0 Å². The molecule has 0 atom stereocenters. The highest BCUT2D eigenvalue weighted by atomic mass is 16.5. The van der Waals surface area contributed by atoms with Gasteiger partial charge in [0.05, 0.1) is 35.5 Å². The summed E-state index contributed by atoms with van der Waals surface area (Å²) < 4.78 is 32.6. The van der Waals surface area contributed by atoms with Crippen LogP contribution in [0, 0.1) is 5.41 Å². The van der Waals surface area contributed by atoms with Crippen molar-refractivity contribution in [2.45, 2.75) is 40.0 Å². The molecular formula is C29H39N3O7. The summed E-state index contributed by atoms with van der Waals surface area (Å²) in [6, 6.07) is 9.32. The summed E-state index contributed by atoms with van der Waals surface area (Å²) in [6.45, 7) is 7.15. The van der Waals surface area contributed by atoms with E-state index in [-0.39, 0.29) is 11.3 Å². The van der Waals surface area contributed by atoms with Gasteiger partial charge in [0.25, 0.3) is 0 Å². The smallest absolute Gasteiger partial charge is 0.228 e. The fourth-order valence-electron chi connectivity index (χ4n) is 4.14. The number of benzene rings is 2. The second kappa shape index (κ2) is 13.2. The summed E-state index contributed by atoms with van der Waals surface area (Å²) in [5.74, 6) is 3.69. The molecule has 0 bridgehead atoms. The minimum Gasteiger partial charge on any atom is -0.493 e. The lowest BCUT2D eigenvalue weighted by molar-refractivity contribution is -0.133. The van der Waals surface area contributed by atoms with E-state index in [1.165, 1.54) is 0 Å². The summed E-state index contributed by atoms with van der Waals surface area (Å²) in [6.07, 6.45) is 1.51. The minimum absolute atomic E-state index is 0.0762. The number of amides is 1. The van der Waals surface area contributed by atoms with Gasteiger partial charge in [-0.1, -0.05) is 32.0 Å². The Hall–Kier alpha value is -3.95. The maximum atomic E-state index is 13.2. The summed E-state index contributed by atoms with van der Waals surface area (Å²) in [5.41, 5.74) is 1.57. The molecule has 0 unspecified atom stereocenters. The second-order valence-corrected chi connectivity index (χ2v) is 10.2. The monoisotopic (exact) mass is 541 g/mol. The molecule has 0 fully saturated rings. The summed E-state index contributed by atoms with van der Waals surface area (Å²) in [4.78, 5) is 19.6. The van der Waals surface area contributed by atoms with Crippen molar-refractivity contribution in [3.8, 4) is 40.1 Å². The molecule has 0 N–H and O–H groups in total. The largest absolute Gasteiger partial charge is 0.493 e. The third-order valence-electron chi connectivity index (χ3n) is 6.14. The Morgan fingerprint density at radius 3 is 2.00 bits per heavy atom. The Morgan fingerprint density at radius 2 is 1.44 bits per heavy atom. The van der Waals surface area contributed by atoms with E-state index in [4.69, 9.17) is 28.2 Å². The molecule has 212 valence electrons. The summed E-state index contributed by atoms with van der Waals surface area (Å²) in [5, 5.41) is 4.14. The van der Waals surface area contributed by atoms with Crippen LogP contribution in [0.15, 0.2) is 34.9 Å². The van der Waals surface area contributed by atoms with Crippen LogP contribution in [-0.2, 0) is 17.6 Å². The number of ether oxygens (including phenoxy) is 5. The molecule has 10 heteroatoms. The van der Waals surface area contributed by atoms with Gasteiger partial charge in [0.1, 0.15) is 0 Å². The Labute approximate surface area is 230 Å². The van der Waals surface area contributed by atoms with Gasteiger partial charge in [-0.05, 0) is 41.7 Å². The van der Waals surface area contributed by atoms with Gasteiger partial charge in [0.15, 0.2) is 23.0 Å². The van der Waals surface area contributed by atoms with Crippen LogP contribution in [0.3, 0.4) is 0 Å². The number of methoxy groups -OCH3 is 5. The third-order valence-corrected chi connectivity index (χ3v) is 6.14. The molecule has 0 spiro atoms. The number of carbonyl (C=O) groups excluding carboxylic acids is 1. The lowest BCUT2D eigenvalue weighted by Gasteiger charge is -2.26. The van der Waals surface area contributed by atoms with Gasteiger partial charge in [-0.15, -0.1) is 0 Å². The molecule has 0 saturated carbocycles. The molecule has 2 aromatic carbocycles. The number of hydrogen-bond acceptors (Lipinski definition) is 9. The molecule has 0 aliphatic heterocycles. The van der Waals surface area contributed by atoms with Crippen molar-refractivity contribution in [1.29, 1.82) is 0 Å². The molecule has 0 saturated heterocycles. The van der Waals surface area contributed by atoms with E-state index in [1.807, 2.05) is 23.1 Å². The topological polar surface area (TPSA) is 105 Å². The van der Waals surface area contributed by atoms with Gasteiger partial charge in [0, 0.05) is 31.5 Å². The Balaban J connectivity index is 1.75. The van der Waals surface area contributed by atoms with Crippen molar-refractivity contribution in [3.63, 3.8) is 0 Å². The zero-order valence-electron chi connectivity index (χ0n) is 24.1. The predicted molar refractivity (Wildman–Crippen MR) is 147 cm³/mol. The van der Waals surface area contributed by atoms with Crippen LogP contribution in [0.2, 0.25) is 0 Å². The van der Waals surface area contributed by atoms with Crippen molar-refractivity contribution in [1.82, 2.24) is 15.0 Å². The minimum atomic E-state index is -0.136. The quantitative estimate of drug-likeness (QED) is 0.301. The fourth-order valence-corrected chi connectivity index (χ4v) is 4.14. The first-order valence-electron chi connectivity index (χ1n) is 12.7. The van der Waals surface area contributed by atoms with Crippen LogP contribution >= 0.6 is 0 Å². The number of aromatic nitrogens is 2. The van der Waals surface area contributed by atoms with Crippen LogP contribution in [-0.4, -0.2) is 69.6 Å². The molecule has 0 aliphatic carbocycles. The normalized spacial score (nSPS) is 11.2. The van der Waals surface area contributed by atoms with E-state index in [2.05, 4.69) is 30.9 Å². The van der Waals surface area contributed by atoms with Gasteiger partial charge < -0.3 is 33.1 Å². The Morgan fingerprint density at radius 1 is 0.821 bits per heavy atom. The lowest BCUT2D eigenvalue weighted by atomic mass is 9.91. The number of rotatable bonds is 13. The SMILES string of the molecule is COc1ccc(CCN(CCc2nc(-c3cc(OC)c(OC)c(OC)c3)no2)C(=O)CC(C)(C)C)cc1OC. The second-order valence-electron chi connectivity index (χ2n) is 10.2. The predicted octanol–water partition coefficient (Wildman–Crippen LogP) is 4.83. The molecule has 0 aliphatic rings. The highest BCUT2D eigenvalue weighted by Gasteiger charge is 2.23. The van der Waals surface area contributed by atoms with E-state index in [9.17, 15) is 4.79 Å². The zero-order chi connectivity index (χ0) is 28.6. The highest BCUT2D eigenvalue weighted by molar-refractivity contribution is 5.76. The number of hydrogen-bond donors (Lipinski definition) is 0. The van der Waals surface area contributed by atoms with Crippen molar-refractivity contribution in [3.05, 3.63) is 41.8 Å². The molecule has 1 amide bonds. The van der Waals surface area contributed by atoms with Crippen LogP contribution in [0.5, 0.6) is 28.7 Å². The molecule has 39 heavy (non-hydrogen) atoms. The standard InChI is InChI=1S/C29H39N3O7/c1-29(2,3)18-26(33)32(13-11-19-9-10-21(34-4)22(15-19)35-5)14-12-25-30-28(31-39-25)20-16-23(36-6)27(38-8)24(17-20)37-7/h9-10,15-17H,11-14,18H2,1-8H3. The van der Waals surface area contributed by atoms with Gasteiger partial charge in [0.2, 0.25) is 23.4 Å². The number of carbonyl (C=O) groups is 1. The van der Waals surface area contributed by atoms with E-state index >= 15 is 0 Å². The first-order valence-corrected chi connectivity index (χ1v) is 12.7. The Bertz CT molecular complexity index is 1220. The van der Waals surface area contributed by atoms with Gasteiger partial charge >= 0.3 is 0 Å². The average Bonchev–Trinajstić information content (AvgIpc) is 3.39. The van der Waals surface area contributed by atoms with Crippen molar-refractivity contribution >= 4 is 5.91 Å². The Kier molecular flexibility index (Phi) is 10.0. The molecule has 0 radical (unpaired) electrons. The summed E-state index contributed by atoms with van der Waals surface area (Å²) in [7, 11) is 7.86. The van der Waals surface area contributed by atoms with Crippen LogP contribution in [0.1, 0.15) is 38.6 Å². The number of nitrogens with zero attached hydrogens (tertiary/aromatic N) is 3. The van der Waals surface area contributed by atoms with Crippen LogP contribution in [0.25, 0.3) is 11.4 Å². The fraction of sp³-hybridized carbons (Fsp3) is 0.483. The first-order chi connectivity index (χ1) is 18.6. The van der Waals surface area contributed by atoms with Gasteiger partial charge in [-0.25, -0.2) is 0 Å². The molecule has 10 nitrogen and oxygen atoms in total. The maximum Gasteiger partial charge on any atom is 0.228 e.